The second-order valence-corrected chi connectivity index (χ2v) is 5.06. The molecule has 0 aliphatic heterocycles. The van der Waals surface area contributed by atoms with Gasteiger partial charge in [0.1, 0.15) is 5.75 Å². The fourth-order valence-corrected chi connectivity index (χ4v) is 2.33. The second kappa shape index (κ2) is 6.79. The molecule has 23 heavy (non-hydrogen) atoms. The van der Waals surface area contributed by atoms with Gasteiger partial charge in [-0.05, 0) is 17.7 Å². The minimum absolute atomic E-state index is 0.166. The number of carbonyl (C=O) groups is 1. The average Bonchev–Trinajstić information content (AvgIpc) is 3.10. The second-order valence-electron chi connectivity index (χ2n) is 5.06. The third-order valence-electron chi connectivity index (χ3n) is 3.54. The first-order valence-corrected chi connectivity index (χ1v) is 7.28. The lowest BCUT2D eigenvalue weighted by atomic mass is 10.1. The molecule has 1 heterocycles. The molecule has 3 rings (SSSR count). The predicted octanol–water partition coefficient (Wildman–Crippen LogP) is 3.02. The molecular weight excluding hydrogens is 290 g/mol. The van der Waals surface area contributed by atoms with Crippen molar-refractivity contribution in [3.8, 4) is 17.0 Å². The highest BCUT2D eigenvalue weighted by atomic mass is 16.5. The van der Waals surface area contributed by atoms with Gasteiger partial charge in [0.25, 0.3) is 5.91 Å². The summed E-state index contributed by atoms with van der Waals surface area (Å²) in [4.78, 5) is 12.4. The van der Waals surface area contributed by atoms with Crippen LogP contribution in [0.3, 0.4) is 0 Å². The van der Waals surface area contributed by atoms with Crippen LogP contribution >= 0.6 is 0 Å². The molecule has 2 aromatic carbocycles. The molecule has 3 aromatic rings. The van der Waals surface area contributed by atoms with Gasteiger partial charge in [-0.25, -0.2) is 0 Å². The Balaban J connectivity index is 1.78. The Kier molecular flexibility index (Phi) is 4.38. The van der Waals surface area contributed by atoms with Gasteiger partial charge in [-0.2, -0.15) is 5.10 Å². The summed E-state index contributed by atoms with van der Waals surface area (Å²) in [5.41, 5.74) is 3.09. The van der Waals surface area contributed by atoms with E-state index in [-0.39, 0.29) is 5.91 Å². The molecule has 0 fully saturated rings. The summed E-state index contributed by atoms with van der Waals surface area (Å²) in [7, 11) is 1.61. The number of nitrogens with zero attached hydrogens (tertiary/aromatic N) is 1. The van der Waals surface area contributed by atoms with E-state index in [0.29, 0.717) is 17.8 Å². The molecule has 0 saturated carbocycles. The first-order valence-electron chi connectivity index (χ1n) is 7.28. The van der Waals surface area contributed by atoms with Gasteiger partial charge in [-0.15, -0.1) is 0 Å². The van der Waals surface area contributed by atoms with Crippen LogP contribution in [0.4, 0.5) is 0 Å². The Labute approximate surface area is 134 Å². The van der Waals surface area contributed by atoms with Crippen molar-refractivity contribution < 1.29 is 9.53 Å². The predicted molar refractivity (Wildman–Crippen MR) is 88.2 cm³/mol. The fraction of sp³-hybridized carbons (Fsp3) is 0.111. The highest BCUT2D eigenvalue weighted by molar-refractivity contribution is 5.99. The van der Waals surface area contributed by atoms with Crippen LogP contribution in [0.2, 0.25) is 0 Å². The van der Waals surface area contributed by atoms with E-state index in [1.54, 1.807) is 7.11 Å². The molecule has 2 N–H and O–H groups in total. The van der Waals surface area contributed by atoms with Crippen molar-refractivity contribution in [2.45, 2.75) is 6.54 Å². The van der Waals surface area contributed by atoms with Gasteiger partial charge >= 0.3 is 0 Å². The molecule has 0 atom stereocenters. The van der Waals surface area contributed by atoms with Crippen molar-refractivity contribution in [3.05, 3.63) is 71.9 Å². The molecule has 0 aliphatic rings. The number of amides is 1. The quantitative estimate of drug-likeness (QED) is 0.761. The maximum absolute atomic E-state index is 12.4. The minimum Gasteiger partial charge on any atom is -0.497 e. The molecule has 1 amide bonds. The van der Waals surface area contributed by atoms with Gasteiger partial charge in [-0.1, -0.05) is 42.5 Å². The molecule has 1 aromatic heterocycles. The molecule has 116 valence electrons. The van der Waals surface area contributed by atoms with Gasteiger partial charge in [0.15, 0.2) is 0 Å². The van der Waals surface area contributed by atoms with Crippen molar-refractivity contribution >= 4 is 5.91 Å². The van der Waals surface area contributed by atoms with Crippen LogP contribution in [-0.4, -0.2) is 23.2 Å². The molecule has 0 saturated heterocycles. The van der Waals surface area contributed by atoms with Crippen molar-refractivity contribution in [2.24, 2.45) is 0 Å². The van der Waals surface area contributed by atoms with Crippen LogP contribution in [0.25, 0.3) is 11.3 Å². The molecule has 0 aliphatic carbocycles. The van der Waals surface area contributed by atoms with E-state index in [9.17, 15) is 4.79 Å². The number of hydrogen-bond donors (Lipinski definition) is 2. The monoisotopic (exact) mass is 307 g/mol. The summed E-state index contributed by atoms with van der Waals surface area (Å²) >= 11 is 0. The number of ether oxygens (including phenoxy) is 1. The van der Waals surface area contributed by atoms with Gasteiger partial charge in [0.2, 0.25) is 0 Å². The largest absolute Gasteiger partial charge is 0.497 e. The number of hydrogen-bond acceptors (Lipinski definition) is 3. The van der Waals surface area contributed by atoms with Crippen LogP contribution in [-0.2, 0) is 6.54 Å². The summed E-state index contributed by atoms with van der Waals surface area (Å²) in [6.45, 7) is 0.475. The minimum atomic E-state index is -0.166. The lowest BCUT2D eigenvalue weighted by molar-refractivity contribution is 0.0951. The highest BCUT2D eigenvalue weighted by Gasteiger charge is 2.15. The summed E-state index contributed by atoms with van der Waals surface area (Å²) in [5.74, 6) is 0.563. The molecule has 5 heteroatoms. The van der Waals surface area contributed by atoms with Gasteiger partial charge in [0, 0.05) is 12.1 Å². The van der Waals surface area contributed by atoms with E-state index in [4.69, 9.17) is 4.74 Å². The van der Waals surface area contributed by atoms with E-state index >= 15 is 0 Å². The normalized spacial score (nSPS) is 10.3. The topological polar surface area (TPSA) is 67.0 Å². The number of aromatic nitrogens is 2. The van der Waals surface area contributed by atoms with Crippen LogP contribution in [0.1, 0.15) is 15.9 Å². The van der Waals surface area contributed by atoms with E-state index in [1.165, 1.54) is 6.20 Å². The van der Waals surface area contributed by atoms with Crippen LogP contribution < -0.4 is 10.1 Å². The molecule has 5 nitrogen and oxygen atoms in total. The summed E-state index contributed by atoms with van der Waals surface area (Å²) in [6.07, 6.45) is 1.54. The lowest BCUT2D eigenvalue weighted by Gasteiger charge is -2.07. The smallest absolute Gasteiger partial charge is 0.255 e. The van der Waals surface area contributed by atoms with Crippen LogP contribution in [0.5, 0.6) is 5.75 Å². The average molecular weight is 307 g/mol. The van der Waals surface area contributed by atoms with Gasteiger partial charge in [-0.3, -0.25) is 9.89 Å². The first-order chi connectivity index (χ1) is 11.3. The van der Waals surface area contributed by atoms with Crippen molar-refractivity contribution in [1.82, 2.24) is 15.5 Å². The third-order valence-corrected chi connectivity index (χ3v) is 3.54. The van der Waals surface area contributed by atoms with Crippen LogP contribution in [0.15, 0.2) is 60.8 Å². The maximum atomic E-state index is 12.4. The van der Waals surface area contributed by atoms with Crippen LogP contribution in [0, 0.1) is 0 Å². The zero-order valence-corrected chi connectivity index (χ0v) is 12.7. The number of nitrogens with one attached hydrogen (secondary N) is 2. The van der Waals surface area contributed by atoms with E-state index < -0.39 is 0 Å². The number of benzene rings is 2. The van der Waals surface area contributed by atoms with Gasteiger partial charge in [0.05, 0.1) is 24.6 Å². The lowest BCUT2D eigenvalue weighted by Crippen LogP contribution is -2.22. The zero-order chi connectivity index (χ0) is 16.1. The molecule has 0 spiro atoms. The fourth-order valence-electron chi connectivity index (χ4n) is 2.33. The van der Waals surface area contributed by atoms with Gasteiger partial charge < -0.3 is 10.1 Å². The number of aromatic amines is 1. The maximum Gasteiger partial charge on any atom is 0.255 e. The van der Waals surface area contributed by atoms with Crippen molar-refractivity contribution in [1.29, 1.82) is 0 Å². The number of carbonyl (C=O) groups excluding carboxylic acids is 1. The van der Waals surface area contributed by atoms with Crippen molar-refractivity contribution in [2.75, 3.05) is 7.11 Å². The highest BCUT2D eigenvalue weighted by Crippen LogP contribution is 2.24. The number of rotatable bonds is 5. The standard InChI is InChI=1S/C18H17N3O2/c1-23-15-9-5-8-14(10-15)17-16(12-20-21-17)18(22)19-11-13-6-3-2-4-7-13/h2-10,12H,11H2,1H3,(H,19,22)(H,20,21). The molecule has 0 unspecified atom stereocenters. The van der Waals surface area contributed by atoms with E-state index in [1.807, 2.05) is 54.6 Å². The molecule has 0 bridgehead atoms. The summed E-state index contributed by atoms with van der Waals surface area (Å²) in [6, 6.07) is 17.3. The zero-order valence-electron chi connectivity index (χ0n) is 12.7. The number of H-pyrrole nitrogens is 1. The van der Waals surface area contributed by atoms with Crippen molar-refractivity contribution in [3.63, 3.8) is 0 Å². The Morgan fingerprint density at radius 1 is 1.17 bits per heavy atom. The Bertz CT molecular complexity index is 797. The Morgan fingerprint density at radius 2 is 2.00 bits per heavy atom. The molecular formula is C18H17N3O2. The van der Waals surface area contributed by atoms with E-state index in [0.717, 1.165) is 16.9 Å². The van der Waals surface area contributed by atoms with E-state index in [2.05, 4.69) is 15.5 Å². The SMILES string of the molecule is COc1cccc(-c2[nH]ncc2C(=O)NCc2ccccc2)c1. The molecule has 0 radical (unpaired) electrons. The summed E-state index contributed by atoms with van der Waals surface area (Å²) < 4.78 is 5.22. The first kappa shape index (κ1) is 14.8. The Hall–Kier alpha value is -3.08. The third kappa shape index (κ3) is 3.40. The summed E-state index contributed by atoms with van der Waals surface area (Å²) in [5, 5.41) is 9.80. The number of methoxy groups -OCH3 is 1. The Morgan fingerprint density at radius 3 is 2.78 bits per heavy atom.